The Morgan fingerprint density at radius 3 is 0.317 bits per heavy atom. The third kappa shape index (κ3) is 53.4. The summed E-state index contributed by atoms with van der Waals surface area (Å²) in [6.07, 6.45) is 0. The number of rotatable bonds is 33. The van der Waals surface area contributed by atoms with Crippen LogP contribution in [0.15, 0.2) is 0 Å². The summed E-state index contributed by atoms with van der Waals surface area (Å²) in [6.45, 7) is -6.75. The molecular formula is C30H54Ca3N6O24. The van der Waals surface area contributed by atoms with Gasteiger partial charge in [0, 0.05) is 39.3 Å². The largest absolute Gasteiger partial charge is 2.00 e. The van der Waals surface area contributed by atoms with Crippen molar-refractivity contribution in [3.05, 3.63) is 0 Å². The van der Waals surface area contributed by atoms with E-state index in [1.807, 2.05) is 0 Å². The molecule has 0 aromatic heterocycles. The van der Waals surface area contributed by atoms with Gasteiger partial charge in [-0.15, -0.1) is 0 Å². The molecule has 0 bridgehead atoms. The van der Waals surface area contributed by atoms with E-state index in [0.29, 0.717) is 0 Å². The molecule has 0 atom stereocenters. The molecule has 30 nitrogen and oxygen atoms in total. The van der Waals surface area contributed by atoms with Crippen molar-refractivity contribution in [1.82, 2.24) is 29.4 Å². The Bertz CT molecular complexity index is 1160. The van der Waals surface area contributed by atoms with Crippen LogP contribution in [0.5, 0.6) is 0 Å². The molecular weight excluding hydrogens is 949 g/mol. The molecule has 12 N–H and O–H groups in total. The molecule has 0 spiro atoms. The molecule has 0 aliphatic carbocycles. The van der Waals surface area contributed by atoms with Gasteiger partial charge in [0.25, 0.3) is 0 Å². The van der Waals surface area contributed by atoms with E-state index >= 15 is 0 Å². The van der Waals surface area contributed by atoms with Gasteiger partial charge in [0.1, 0.15) is 0 Å². The number of hydrogen-bond acceptors (Lipinski definition) is 18. The average Bonchev–Trinajstić information content (AvgIpc) is 3.02. The van der Waals surface area contributed by atoms with Crippen LogP contribution in [0.25, 0.3) is 0 Å². The van der Waals surface area contributed by atoms with Crippen molar-refractivity contribution in [1.29, 1.82) is 0 Å². The topological polar surface area (TPSA) is 467 Å². The molecule has 0 saturated heterocycles. The van der Waals surface area contributed by atoms with Crippen molar-refractivity contribution < 1.29 is 127 Å². The fourth-order valence-corrected chi connectivity index (χ4v) is 4.43. The maximum absolute atomic E-state index is 10.6. The quantitative estimate of drug-likeness (QED) is 0.0272. The first kappa shape index (κ1) is 71.8. The number of carboxylic acids is 12. The minimum Gasteiger partial charge on any atom is -1.00 e. The summed E-state index contributed by atoms with van der Waals surface area (Å²) >= 11 is 0. The van der Waals surface area contributed by atoms with Gasteiger partial charge in [0.15, 0.2) is 0 Å². The first-order chi connectivity index (χ1) is 27.6. The molecule has 0 unspecified atom stereocenters. The molecule has 0 aliphatic rings. The van der Waals surface area contributed by atoms with E-state index in [0.717, 1.165) is 29.4 Å². The monoisotopic (exact) mass is 1000 g/mol. The zero-order valence-electron chi connectivity index (χ0n) is 39.8. The second-order valence-corrected chi connectivity index (χ2v) is 12.0. The van der Waals surface area contributed by atoms with Crippen molar-refractivity contribution >= 4 is 185 Å². The van der Waals surface area contributed by atoms with Crippen molar-refractivity contribution in [2.75, 3.05) is 118 Å². The van der Waals surface area contributed by atoms with E-state index in [9.17, 15) is 57.5 Å². The van der Waals surface area contributed by atoms with Gasteiger partial charge in [0.2, 0.25) is 0 Å². The zero-order valence-corrected chi connectivity index (χ0v) is 40.4. The molecule has 0 saturated carbocycles. The first-order valence-electron chi connectivity index (χ1n) is 16.6. The molecule has 0 radical (unpaired) electrons. The van der Waals surface area contributed by atoms with Gasteiger partial charge in [-0.1, -0.05) is 0 Å². The Morgan fingerprint density at radius 2 is 0.270 bits per heavy atom. The Hall–Kier alpha value is -2.82. The summed E-state index contributed by atoms with van der Waals surface area (Å²) in [7, 11) is 0. The normalized spacial score (nSPS) is 10.2. The summed E-state index contributed by atoms with van der Waals surface area (Å²) in [6, 6.07) is 0. The van der Waals surface area contributed by atoms with E-state index in [-0.39, 0.29) is 161 Å². The maximum atomic E-state index is 10.6. The molecule has 0 heterocycles. The predicted octanol–water partition coefficient (Wildman–Crippen LogP) is -6.68. The van der Waals surface area contributed by atoms with Gasteiger partial charge in [-0.2, -0.15) is 0 Å². The molecule has 33 heteroatoms. The summed E-state index contributed by atoms with van der Waals surface area (Å²) in [5, 5.41) is 103. The van der Waals surface area contributed by atoms with Crippen LogP contribution in [-0.4, -0.2) is 393 Å². The van der Waals surface area contributed by atoms with E-state index < -0.39 is 150 Å². The molecule has 0 aromatic carbocycles. The van der Waals surface area contributed by atoms with Gasteiger partial charge in [0.05, 0.1) is 78.5 Å². The number of nitrogens with zero attached hydrogens (tertiary/aromatic N) is 6. The predicted molar refractivity (Wildman–Crippen MR) is 214 cm³/mol. The third-order valence-corrected chi connectivity index (χ3v) is 6.50. The number of carbonyl (C=O) groups is 12. The van der Waals surface area contributed by atoms with Crippen molar-refractivity contribution in [2.45, 2.75) is 0 Å². The Balaban J connectivity index is -0.0000000663. The summed E-state index contributed by atoms with van der Waals surface area (Å²) in [5.41, 5.74) is 0. The summed E-state index contributed by atoms with van der Waals surface area (Å²) < 4.78 is 0. The van der Waals surface area contributed by atoms with Crippen molar-refractivity contribution in [2.24, 2.45) is 0 Å². The number of hydrogen-bond donors (Lipinski definition) is 12. The van der Waals surface area contributed by atoms with E-state index in [1.165, 1.54) is 0 Å². The minimum atomic E-state index is -1.23. The fraction of sp³-hybridized carbons (Fsp3) is 0.600. The van der Waals surface area contributed by atoms with Crippen LogP contribution < -0.4 is 0 Å². The van der Waals surface area contributed by atoms with Crippen molar-refractivity contribution in [3.8, 4) is 0 Å². The molecule has 0 amide bonds. The molecule has 0 rings (SSSR count). The first-order valence-corrected chi connectivity index (χ1v) is 16.6. The second kappa shape index (κ2) is 41.9. The standard InChI is InChI=1S/3C10H16N2O8.3Ca.6H/c3*13-7(14)3-11(4-8(15)16)1-2-12(5-9(17)18)6-10(19)20;;;;;;;;;/h3*1-6H2,(H,13,14)(H,15,16)(H,17,18)(H,19,20);;;;;;;;;/q;;;3*+2;6*-1. The maximum Gasteiger partial charge on any atom is 2.00 e. The van der Waals surface area contributed by atoms with Crippen LogP contribution in [0.1, 0.15) is 8.56 Å². The molecule has 0 fully saturated rings. The second-order valence-electron chi connectivity index (χ2n) is 12.0. The van der Waals surface area contributed by atoms with E-state index in [2.05, 4.69) is 0 Å². The Morgan fingerprint density at radius 1 is 0.206 bits per heavy atom. The van der Waals surface area contributed by atoms with Gasteiger partial charge in [-0.3, -0.25) is 86.9 Å². The summed E-state index contributed by atoms with van der Waals surface area (Å²) in [4.78, 5) is 133. The molecule has 0 aromatic rings. The van der Waals surface area contributed by atoms with Gasteiger partial charge >= 0.3 is 185 Å². The molecule has 0 aliphatic heterocycles. The number of aliphatic carboxylic acids is 12. The smallest absolute Gasteiger partial charge is 1.00 e. The summed E-state index contributed by atoms with van der Waals surface area (Å²) in [5.74, 6) is -14.7. The Labute approximate surface area is 455 Å². The van der Waals surface area contributed by atoms with Crippen LogP contribution in [-0.2, 0) is 57.5 Å². The van der Waals surface area contributed by atoms with E-state index in [4.69, 9.17) is 61.3 Å². The third-order valence-electron chi connectivity index (χ3n) is 6.50. The zero-order chi connectivity index (χ0) is 47.1. The molecule has 354 valence electrons. The van der Waals surface area contributed by atoms with Crippen LogP contribution in [0.2, 0.25) is 0 Å². The van der Waals surface area contributed by atoms with Crippen LogP contribution in [0, 0.1) is 0 Å². The van der Waals surface area contributed by atoms with Gasteiger partial charge in [-0.05, 0) is 0 Å². The van der Waals surface area contributed by atoms with E-state index in [1.54, 1.807) is 0 Å². The molecule has 63 heavy (non-hydrogen) atoms. The van der Waals surface area contributed by atoms with Crippen LogP contribution >= 0.6 is 0 Å². The average molecular weight is 1000 g/mol. The van der Waals surface area contributed by atoms with Gasteiger partial charge < -0.3 is 69.8 Å². The van der Waals surface area contributed by atoms with Crippen LogP contribution in [0.4, 0.5) is 0 Å². The number of carboxylic acid groups (broad SMARTS) is 12. The minimum absolute atomic E-state index is 0. The van der Waals surface area contributed by atoms with Crippen molar-refractivity contribution in [3.63, 3.8) is 0 Å². The SMILES string of the molecule is O=C(O)CN(CCN(CC(=O)O)CC(=O)O)CC(=O)O.O=C(O)CN(CCN(CC(=O)O)CC(=O)O)CC(=O)O.O=C(O)CN(CCN(CC(=O)O)CC(=O)O)CC(=O)O.[Ca+2].[Ca+2].[Ca+2].[H-].[H-].[H-].[H-].[H-].[H-]. The van der Waals surface area contributed by atoms with Gasteiger partial charge in [-0.25, -0.2) is 0 Å². The Kier molecular flexibility index (Phi) is 47.7. The van der Waals surface area contributed by atoms with Crippen LogP contribution in [0.3, 0.4) is 0 Å². The fourth-order valence-electron chi connectivity index (χ4n) is 4.43.